The summed E-state index contributed by atoms with van der Waals surface area (Å²) in [6, 6.07) is 5.18. The lowest BCUT2D eigenvalue weighted by Gasteiger charge is -2.43. The fraction of sp³-hybridized carbons (Fsp3) is 0.368. The molecule has 0 saturated carbocycles. The Labute approximate surface area is 183 Å². The summed E-state index contributed by atoms with van der Waals surface area (Å²) < 4.78 is 14.1. The number of amides is 4. The van der Waals surface area contributed by atoms with Gasteiger partial charge in [0, 0.05) is 34.1 Å². The molecular weight excluding hydrogens is 431 g/mol. The number of thiocarbonyl (C=S) groups is 2. The summed E-state index contributed by atoms with van der Waals surface area (Å²) >= 11 is 10.2. The van der Waals surface area contributed by atoms with Gasteiger partial charge in [0.15, 0.2) is 10.2 Å². The predicted octanol–water partition coefficient (Wildman–Crippen LogP) is 0.572. The maximum Gasteiger partial charge on any atom is 0.241 e. The standard InChI is InChI=1S/C19H19FN4O4S2/c1-21-14(25)12(15(26)22(2)18(21)29)11(9-6-5-7-10(20)8-9)13-16(27)23(3)19(30)24(4)17(13)28/h5-8,11-13H,1-4H3. The summed E-state index contributed by atoms with van der Waals surface area (Å²) in [4.78, 5) is 56.8. The molecule has 2 aliphatic rings. The Morgan fingerprint density at radius 3 is 1.47 bits per heavy atom. The number of halogens is 1. The van der Waals surface area contributed by atoms with Gasteiger partial charge in [0.2, 0.25) is 23.6 Å². The van der Waals surface area contributed by atoms with Crippen LogP contribution in [-0.2, 0) is 19.2 Å². The van der Waals surface area contributed by atoms with E-state index in [4.69, 9.17) is 24.4 Å². The predicted molar refractivity (Wildman–Crippen MR) is 112 cm³/mol. The molecule has 0 aromatic heterocycles. The Bertz CT molecular complexity index is 897. The summed E-state index contributed by atoms with van der Waals surface area (Å²) in [6.45, 7) is 0. The van der Waals surface area contributed by atoms with Crippen molar-refractivity contribution in [1.29, 1.82) is 0 Å². The fourth-order valence-electron chi connectivity index (χ4n) is 3.78. The van der Waals surface area contributed by atoms with Crippen LogP contribution in [0, 0.1) is 17.7 Å². The van der Waals surface area contributed by atoms with Gasteiger partial charge in [-0.2, -0.15) is 0 Å². The second-order valence-electron chi connectivity index (χ2n) is 7.19. The molecule has 0 bridgehead atoms. The highest BCUT2D eigenvalue weighted by Gasteiger charge is 2.54. The average Bonchev–Trinajstić information content (AvgIpc) is 2.72. The van der Waals surface area contributed by atoms with Crippen LogP contribution in [0.2, 0.25) is 0 Å². The molecule has 2 fully saturated rings. The molecule has 1 aromatic carbocycles. The highest BCUT2D eigenvalue weighted by Crippen LogP contribution is 2.40. The van der Waals surface area contributed by atoms with Crippen LogP contribution in [0.15, 0.2) is 24.3 Å². The van der Waals surface area contributed by atoms with Crippen LogP contribution in [0.1, 0.15) is 11.5 Å². The van der Waals surface area contributed by atoms with E-state index in [1.165, 1.54) is 46.4 Å². The van der Waals surface area contributed by atoms with Crippen LogP contribution >= 0.6 is 24.4 Å². The molecular formula is C19H19FN4O4S2. The normalized spacial score (nSPS) is 19.7. The first-order chi connectivity index (χ1) is 14.0. The lowest BCUT2D eigenvalue weighted by molar-refractivity contribution is -0.152. The molecule has 2 heterocycles. The first-order valence-corrected chi connectivity index (χ1v) is 9.74. The average molecular weight is 451 g/mol. The number of benzene rings is 1. The molecule has 1 aromatic rings. The van der Waals surface area contributed by atoms with Gasteiger partial charge < -0.3 is 0 Å². The van der Waals surface area contributed by atoms with E-state index >= 15 is 0 Å². The minimum Gasteiger partial charge on any atom is -0.291 e. The maximum absolute atomic E-state index is 14.1. The number of rotatable bonds is 3. The molecule has 8 nitrogen and oxygen atoms in total. The first-order valence-electron chi connectivity index (χ1n) is 8.92. The van der Waals surface area contributed by atoms with Crippen molar-refractivity contribution in [3.63, 3.8) is 0 Å². The quantitative estimate of drug-likeness (QED) is 0.495. The molecule has 2 saturated heterocycles. The monoisotopic (exact) mass is 450 g/mol. The van der Waals surface area contributed by atoms with Crippen molar-refractivity contribution in [2.75, 3.05) is 28.2 Å². The van der Waals surface area contributed by atoms with E-state index in [1.807, 2.05) is 0 Å². The van der Waals surface area contributed by atoms with Crippen LogP contribution in [0.4, 0.5) is 4.39 Å². The molecule has 0 N–H and O–H groups in total. The number of hydrogen-bond donors (Lipinski definition) is 0. The Hall–Kier alpha value is -2.79. The second kappa shape index (κ2) is 7.80. The lowest BCUT2D eigenvalue weighted by Crippen LogP contribution is -2.63. The van der Waals surface area contributed by atoms with Crippen LogP contribution in [0.5, 0.6) is 0 Å². The fourth-order valence-corrected chi connectivity index (χ4v) is 4.14. The van der Waals surface area contributed by atoms with Crippen molar-refractivity contribution < 1.29 is 23.6 Å². The van der Waals surface area contributed by atoms with Crippen molar-refractivity contribution in [1.82, 2.24) is 19.6 Å². The van der Waals surface area contributed by atoms with Gasteiger partial charge in [0.25, 0.3) is 0 Å². The Morgan fingerprint density at radius 2 is 1.13 bits per heavy atom. The number of carbonyl (C=O) groups is 4. The smallest absolute Gasteiger partial charge is 0.241 e. The van der Waals surface area contributed by atoms with Gasteiger partial charge in [-0.25, -0.2) is 4.39 Å². The number of nitrogens with zero attached hydrogens (tertiary/aromatic N) is 4. The van der Waals surface area contributed by atoms with Crippen LogP contribution < -0.4 is 0 Å². The third-order valence-electron chi connectivity index (χ3n) is 5.49. The van der Waals surface area contributed by atoms with Gasteiger partial charge in [-0.1, -0.05) is 12.1 Å². The Balaban J connectivity index is 2.22. The number of carbonyl (C=O) groups excluding carboxylic acids is 4. The first kappa shape index (κ1) is 21.9. The number of hydrogen-bond acceptors (Lipinski definition) is 6. The second-order valence-corrected chi connectivity index (χ2v) is 7.92. The highest BCUT2D eigenvalue weighted by atomic mass is 32.1. The van der Waals surface area contributed by atoms with Crippen molar-refractivity contribution in [3.05, 3.63) is 35.6 Å². The molecule has 0 unspecified atom stereocenters. The van der Waals surface area contributed by atoms with E-state index < -0.39 is 47.2 Å². The lowest BCUT2D eigenvalue weighted by atomic mass is 9.73. The van der Waals surface area contributed by atoms with Crippen molar-refractivity contribution >= 4 is 58.3 Å². The molecule has 4 amide bonds. The van der Waals surface area contributed by atoms with Crippen molar-refractivity contribution in [3.8, 4) is 0 Å². The van der Waals surface area contributed by atoms with Crippen LogP contribution in [0.3, 0.4) is 0 Å². The van der Waals surface area contributed by atoms with Crippen LogP contribution in [-0.4, -0.2) is 81.6 Å². The Morgan fingerprint density at radius 1 is 0.767 bits per heavy atom. The molecule has 2 aliphatic heterocycles. The topological polar surface area (TPSA) is 81.2 Å². The van der Waals surface area contributed by atoms with Gasteiger partial charge in [-0.05, 0) is 42.1 Å². The Kier molecular flexibility index (Phi) is 5.70. The maximum atomic E-state index is 14.1. The molecule has 158 valence electrons. The summed E-state index contributed by atoms with van der Waals surface area (Å²) in [5.74, 6) is -7.44. The van der Waals surface area contributed by atoms with Crippen molar-refractivity contribution in [2.24, 2.45) is 11.8 Å². The summed E-state index contributed by atoms with van der Waals surface area (Å²) in [7, 11) is 5.62. The minimum atomic E-state index is -1.44. The van der Waals surface area contributed by atoms with Gasteiger partial charge in [-0.15, -0.1) is 0 Å². The van der Waals surface area contributed by atoms with E-state index in [-0.39, 0.29) is 15.8 Å². The van der Waals surface area contributed by atoms with Gasteiger partial charge >= 0.3 is 0 Å². The highest BCUT2D eigenvalue weighted by molar-refractivity contribution is 7.80. The van der Waals surface area contributed by atoms with E-state index in [0.717, 1.165) is 25.7 Å². The van der Waals surface area contributed by atoms with E-state index in [9.17, 15) is 23.6 Å². The SMILES string of the molecule is CN1C(=O)C(C(c2cccc(F)c2)C2C(=O)N(C)C(=S)N(C)C2=O)C(=O)N(C)C1=S. The van der Waals surface area contributed by atoms with Gasteiger partial charge in [0.05, 0.1) is 0 Å². The minimum absolute atomic E-state index is 0.00375. The summed E-state index contributed by atoms with van der Waals surface area (Å²) in [6.07, 6.45) is 0. The summed E-state index contributed by atoms with van der Waals surface area (Å²) in [5.41, 5.74) is 0.178. The van der Waals surface area contributed by atoms with E-state index in [2.05, 4.69) is 0 Å². The molecule has 11 heteroatoms. The van der Waals surface area contributed by atoms with Gasteiger partial charge in [-0.3, -0.25) is 38.8 Å². The molecule has 0 atom stereocenters. The molecule has 0 radical (unpaired) electrons. The van der Waals surface area contributed by atoms with E-state index in [0.29, 0.717) is 0 Å². The molecule has 30 heavy (non-hydrogen) atoms. The van der Waals surface area contributed by atoms with E-state index in [1.54, 1.807) is 0 Å². The zero-order valence-corrected chi connectivity index (χ0v) is 18.3. The molecule has 3 rings (SSSR count). The largest absolute Gasteiger partial charge is 0.291 e. The van der Waals surface area contributed by atoms with Crippen LogP contribution in [0.25, 0.3) is 0 Å². The zero-order chi connectivity index (χ0) is 22.5. The van der Waals surface area contributed by atoms with Gasteiger partial charge in [0.1, 0.15) is 17.7 Å². The molecule has 0 aliphatic carbocycles. The zero-order valence-electron chi connectivity index (χ0n) is 16.7. The third kappa shape index (κ3) is 3.27. The summed E-state index contributed by atoms with van der Waals surface area (Å²) in [5, 5.41) is -0.00749. The molecule has 0 spiro atoms. The third-order valence-corrected chi connectivity index (χ3v) is 6.58. The van der Waals surface area contributed by atoms with Crippen molar-refractivity contribution in [2.45, 2.75) is 5.92 Å².